The Bertz CT molecular complexity index is 764. The van der Waals surface area contributed by atoms with E-state index >= 15 is 0 Å². The third-order valence-electron chi connectivity index (χ3n) is 3.56. The van der Waals surface area contributed by atoms with Crippen LogP contribution in [0.15, 0.2) is 46.9 Å². The van der Waals surface area contributed by atoms with Crippen LogP contribution in [-0.2, 0) is 11.2 Å². The predicted molar refractivity (Wildman–Crippen MR) is 95.5 cm³/mol. The van der Waals surface area contributed by atoms with Crippen molar-refractivity contribution in [2.24, 2.45) is 0 Å². The molecule has 6 heteroatoms. The van der Waals surface area contributed by atoms with E-state index in [1.807, 2.05) is 31.2 Å². The summed E-state index contributed by atoms with van der Waals surface area (Å²) in [5.74, 6) is -1.50. The molecule has 0 aliphatic rings. The number of rotatable bonds is 5. The summed E-state index contributed by atoms with van der Waals surface area (Å²) >= 11 is 3.21. The molecule has 0 fully saturated rings. The van der Waals surface area contributed by atoms with E-state index in [0.717, 1.165) is 17.7 Å². The standard InChI is InChI=1S/C18H18BrFN2O2/c1-3-12-6-4-5-7-16(12)21-17(23)11-22(2)18(24)14-10-13(19)8-9-15(14)20/h4-10H,3,11H2,1-2H3,(H,21,23). The van der Waals surface area contributed by atoms with Gasteiger partial charge in [-0.15, -0.1) is 0 Å². The molecule has 0 aromatic heterocycles. The van der Waals surface area contributed by atoms with E-state index in [1.165, 1.54) is 30.1 Å². The second-order valence-electron chi connectivity index (χ2n) is 5.34. The monoisotopic (exact) mass is 392 g/mol. The third kappa shape index (κ3) is 4.41. The molecule has 2 rings (SSSR count). The second kappa shape index (κ2) is 8.06. The molecule has 0 bridgehead atoms. The fourth-order valence-electron chi connectivity index (χ4n) is 2.29. The Morgan fingerprint density at radius 1 is 1.21 bits per heavy atom. The minimum Gasteiger partial charge on any atom is -0.332 e. The number of hydrogen-bond acceptors (Lipinski definition) is 2. The van der Waals surface area contributed by atoms with E-state index < -0.39 is 11.7 Å². The predicted octanol–water partition coefficient (Wildman–Crippen LogP) is 3.86. The summed E-state index contributed by atoms with van der Waals surface area (Å²) in [6.45, 7) is 1.83. The van der Waals surface area contributed by atoms with E-state index in [2.05, 4.69) is 21.2 Å². The Morgan fingerprint density at radius 3 is 2.62 bits per heavy atom. The average Bonchev–Trinajstić information content (AvgIpc) is 2.56. The normalized spacial score (nSPS) is 10.3. The summed E-state index contributed by atoms with van der Waals surface area (Å²) < 4.78 is 14.4. The van der Waals surface area contributed by atoms with Gasteiger partial charge in [0.25, 0.3) is 5.91 Å². The number of benzene rings is 2. The van der Waals surface area contributed by atoms with Crippen LogP contribution >= 0.6 is 15.9 Å². The maximum absolute atomic E-state index is 13.8. The number of amides is 2. The summed E-state index contributed by atoms with van der Waals surface area (Å²) in [6, 6.07) is 11.6. The lowest BCUT2D eigenvalue weighted by atomic mass is 10.1. The van der Waals surface area contributed by atoms with Crippen molar-refractivity contribution in [3.8, 4) is 0 Å². The first-order valence-corrected chi connectivity index (χ1v) is 8.30. The van der Waals surface area contributed by atoms with Gasteiger partial charge in [-0.2, -0.15) is 0 Å². The third-order valence-corrected chi connectivity index (χ3v) is 4.05. The summed E-state index contributed by atoms with van der Waals surface area (Å²) in [5.41, 5.74) is 1.66. The number of anilines is 1. The Kier molecular flexibility index (Phi) is 6.09. The lowest BCUT2D eigenvalue weighted by Gasteiger charge is -2.18. The number of nitrogens with zero attached hydrogens (tertiary/aromatic N) is 1. The van der Waals surface area contributed by atoms with Gasteiger partial charge >= 0.3 is 0 Å². The van der Waals surface area contributed by atoms with Gasteiger partial charge in [-0.05, 0) is 36.2 Å². The first-order valence-electron chi connectivity index (χ1n) is 7.50. The fraction of sp³-hybridized carbons (Fsp3) is 0.222. The molecular weight excluding hydrogens is 375 g/mol. The van der Waals surface area contributed by atoms with Gasteiger partial charge in [-0.3, -0.25) is 9.59 Å². The van der Waals surface area contributed by atoms with Crippen LogP contribution in [0.1, 0.15) is 22.8 Å². The van der Waals surface area contributed by atoms with Crippen LogP contribution in [0.25, 0.3) is 0 Å². The largest absolute Gasteiger partial charge is 0.332 e. The van der Waals surface area contributed by atoms with E-state index in [4.69, 9.17) is 0 Å². The van der Waals surface area contributed by atoms with E-state index in [-0.39, 0.29) is 18.0 Å². The van der Waals surface area contributed by atoms with Crippen LogP contribution in [0, 0.1) is 5.82 Å². The average molecular weight is 393 g/mol. The van der Waals surface area contributed by atoms with Crippen molar-refractivity contribution in [1.29, 1.82) is 0 Å². The van der Waals surface area contributed by atoms with Crippen LogP contribution in [0.5, 0.6) is 0 Å². The Hall–Kier alpha value is -2.21. The number of carbonyl (C=O) groups excluding carboxylic acids is 2. The van der Waals surface area contributed by atoms with Crippen LogP contribution in [-0.4, -0.2) is 30.3 Å². The zero-order valence-electron chi connectivity index (χ0n) is 13.5. The zero-order valence-corrected chi connectivity index (χ0v) is 15.1. The first-order chi connectivity index (χ1) is 11.4. The van der Waals surface area contributed by atoms with Gasteiger partial charge in [0.15, 0.2) is 0 Å². The molecule has 0 saturated carbocycles. The molecule has 4 nitrogen and oxygen atoms in total. The highest BCUT2D eigenvalue weighted by Gasteiger charge is 2.19. The molecule has 0 saturated heterocycles. The van der Waals surface area contributed by atoms with Gasteiger partial charge in [0, 0.05) is 17.2 Å². The second-order valence-corrected chi connectivity index (χ2v) is 6.26. The molecule has 0 radical (unpaired) electrons. The maximum Gasteiger partial charge on any atom is 0.257 e. The highest BCUT2D eigenvalue weighted by atomic mass is 79.9. The summed E-state index contributed by atoms with van der Waals surface area (Å²) in [7, 11) is 1.47. The van der Waals surface area contributed by atoms with Gasteiger partial charge in [-0.25, -0.2) is 4.39 Å². The van der Waals surface area contributed by atoms with E-state index in [1.54, 1.807) is 0 Å². The van der Waals surface area contributed by atoms with Gasteiger partial charge < -0.3 is 10.2 Å². The zero-order chi connectivity index (χ0) is 17.7. The van der Waals surface area contributed by atoms with Crippen molar-refractivity contribution >= 4 is 33.4 Å². The number of likely N-dealkylation sites (N-methyl/N-ethyl adjacent to an activating group) is 1. The van der Waals surface area contributed by atoms with Crippen LogP contribution in [0.4, 0.5) is 10.1 Å². The quantitative estimate of drug-likeness (QED) is 0.839. The van der Waals surface area contributed by atoms with Crippen molar-refractivity contribution in [2.75, 3.05) is 18.9 Å². The Labute approximate surface area is 148 Å². The lowest BCUT2D eigenvalue weighted by molar-refractivity contribution is -0.116. The summed E-state index contributed by atoms with van der Waals surface area (Å²) in [6.07, 6.45) is 0.786. The molecule has 2 aromatic rings. The molecule has 0 atom stereocenters. The first kappa shape index (κ1) is 18.1. The molecule has 0 aliphatic heterocycles. The number of halogens is 2. The van der Waals surface area contributed by atoms with Crippen LogP contribution < -0.4 is 5.32 Å². The van der Waals surface area contributed by atoms with Gasteiger partial charge in [0.1, 0.15) is 5.82 Å². The highest BCUT2D eigenvalue weighted by molar-refractivity contribution is 9.10. The molecule has 24 heavy (non-hydrogen) atoms. The van der Waals surface area contributed by atoms with Crippen molar-refractivity contribution in [3.05, 3.63) is 63.9 Å². The number of para-hydroxylation sites is 1. The molecule has 1 N–H and O–H groups in total. The molecule has 0 heterocycles. The van der Waals surface area contributed by atoms with E-state index in [0.29, 0.717) is 4.47 Å². The molecule has 0 spiro atoms. The van der Waals surface area contributed by atoms with Crippen LogP contribution in [0.3, 0.4) is 0 Å². The van der Waals surface area contributed by atoms with Gasteiger partial charge in [0.05, 0.1) is 12.1 Å². The smallest absolute Gasteiger partial charge is 0.257 e. The SMILES string of the molecule is CCc1ccccc1NC(=O)CN(C)C(=O)c1cc(Br)ccc1F. The van der Waals surface area contributed by atoms with Crippen molar-refractivity contribution in [2.45, 2.75) is 13.3 Å². The topological polar surface area (TPSA) is 49.4 Å². The molecule has 0 aliphatic carbocycles. The lowest BCUT2D eigenvalue weighted by Crippen LogP contribution is -2.35. The summed E-state index contributed by atoms with van der Waals surface area (Å²) in [4.78, 5) is 25.7. The number of carbonyl (C=O) groups is 2. The number of hydrogen-bond donors (Lipinski definition) is 1. The van der Waals surface area contributed by atoms with Crippen molar-refractivity contribution < 1.29 is 14.0 Å². The maximum atomic E-state index is 13.8. The summed E-state index contributed by atoms with van der Waals surface area (Å²) in [5, 5.41) is 2.79. The van der Waals surface area contributed by atoms with Crippen molar-refractivity contribution in [1.82, 2.24) is 4.90 Å². The molecule has 2 aromatic carbocycles. The van der Waals surface area contributed by atoms with E-state index in [9.17, 15) is 14.0 Å². The van der Waals surface area contributed by atoms with Gasteiger partial charge in [0.2, 0.25) is 5.91 Å². The van der Waals surface area contributed by atoms with Gasteiger partial charge in [-0.1, -0.05) is 41.1 Å². The number of aryl methyl sites for hydroxylation is 1. The molecular formula is C18H18BrFN2O2. The molecule has 2 amide bonds. The van der Waals surface area contributed by atoms with Crippen LogP contribution in [0.2, 0.25) is 0 Å². The van der Waals surface area contributed by atoms with Crippen molar-refractivity contribution in [3.63, 3.8) is 0 Å². The molecule has 126 valence electrons. The highest BCUT2D eigenvalue weighted by Crippen LogP contribution is 2.18. The minimum atomic E-state index is -0.619. The Balaban J connectivity index is 2.06. The minimum absolute atomic E-state index is 0.0753. The fourth-order valence-corrected chi connectivity index (χ4v) is 2.66. The number of nitrogens with one attached hydrogen (secondary N) is 1. The Morgan fingerprint density at radius 2 is 1.92 bits per heavy atom. The molecule has 0 unspecified atom stereocenters.